The summed E-state index contributed by atoms with van der Waals surface area (Å²) >= 11 is 0. The second kappa shape index (κ2) is 3.51. The van der Waals surface area contributed by atoms with Gasteiger partial charge in [0.1, 0.15) is 0 Å². The number of rotatable bonds is 1. The van der Waals surface area contributed by atoms with Crippen molar-refractivity contribution in [3.63, 3.8) is 0 Å². The zero-order chi connectivity index (χ0) is 9.94. The van der Waals surface area contributed by atoms with E-state index in [1.807, 2.05) is 0 Å². The molecule has 0 aromatic rings. The summed E-state index contributed by atoms with van der Waals surface area (Å²) in [6, 6.07) is -2.57. The summed E-state index contributed by atoms with van der Waals surface area (Å²) in [4.78, 5) is 9.86. The quantitative estimate of drug-likeness (QED) is 0.360. The molecule has 0 bridgehead atoms. The third-order valence-electron chi connectivity index (χ3n) is 0.655. The van der Waals surface area contributed by atoms with Crippen molar-refractivity contribution >= 4 is 5.97 Å². The van der Waals surface area contributed by atoms with Crippen LogP contribution in [-0.4, -0.2) is 12.1 Å². The highest BCUT2D eigenvalue weighted by molar-refractivity contribution is 5.67. The third-order valence-corrected chi connectivity index (χ3v) is 0.655. The van der Waals surface area contributed by atoms with Crippen molar-refractivity contribution in [2.24, 2.45) is 0 Å². The van der Waals surface area contributed by atoms with Crippen LogP contribution < -0.4 is 0 Å². The van der Waals surface area contributed by atoms with Gasteiger partial charge >= 0.3 is 18.2 Å². The zero-order valence-corrected chi connectivity index (χ0v) is 5.71. The van der Waals surface area contributed by atoms with Gasteiger partial charge in [0.2, 0.25) is 0 Å². The van der Waals surface area contributed by atoms with E-state index in [0.29, 0.717) is 6.92 Å². The minimum Gasteiger partial charge on any atom is -0.397 e. The van der Waals surface area contributed by atoms with Gasteiger partial charge in [-0.2, -0.15) is 22.0 Å². The predicted molar refractivity (Wildman–Crippen MR) is 27.1 cm³/mol. The van der Waals surface area contributed by atoms with Gasteiger partial charge in [-0.25, -0.2) is 0 Å². The van der Waals surface area contributed by atoms with Gasteiger partial charge in [0.15, 0.2) is 0 Å². The maximum absolute atomic E-state index is 11.9. The molecule has 0 aromatic heterocycles. The van der Waals surface area contributed by atoms with E-state index in [-0.39, 0.29) is 0 Å². The highest BCUT2D eigenvalue weighted by atomic mass is 19.4. The van der Waals surface area contributed by atoms with Gasteiger partial charge in [0.25, 0.3) is 5.83 Å². The molecule has 0 N–H and O–H groups in total. The minimum absolute atomic E-state index is 0.642. The number of halogens is 5. The fraction of sp³-hybridized carbons (Fsp3) is 0.400. The summed E-state index contributed by atoms with van der Waals surface area (Å²) in [5.41, 5.74) is 0. The maximum Gasteiger partial charge on any atom is 0.449 e. The standard InChI is InChI=1S/C5H3F5O2/c1-2(11)12-4(7)3(6)5(8,9)10/h1H3. The van der Waals surface area contributed by atoms with Crippen molar-refractivity contribution < 1.29 is 31.5 Å². The lowest BCUT2D eigenvalue weighted by atomic mass is 10.5. The van der Waals surface area contributed by atoms with Gasteiger partial charge in [0.05, 0.1) is 0 Å². The summed E-state index contributed by atoms with van der Waals surface area (Å²) in [6.45, 7) is 0.642. The van der Waals surface area contributed by atoms with Gasteiger partial charge in [-0.3, -0.25) is 4.79 Å². The Kier molecular flexibility index (Phi) is 3.17. The topological polar surface area (TPSA) is 26.3 Å². The molecule has 0 saturated heterocycles. The molecular weight excluding hydrogens is 187 g/mol. The zero-order valence-electron chi connectivity index (χ0n) is 5.71. The fourth-order valence-electron chi connectivity index (χ4n) is 0.282. The molecule has 0 radical (unpaired) electrons. The Balaban J connectivity index is 4.58. The Hall–Kier alpha value is -1.14. The molecule has 0 saturated carbocycles. The van der Waals surface area contributed by atoms with Crippen LogP contribution in [0, 0.1) is 0 Å². The molecule has 0 spiro atoms. The van der Waals surface area contributed by atoms with Crippen LogP contribution in [0.15, 0.2) is 11.8 Å². The largest absolute Gasteiger partial charge is 0.449 e. The summed E-state index contributed by atoms with van der Waals surface area (Å²) in [6.07, 6.45) is -5.47. The minimum atomic E-state index is -5.47. The SMILES string of the molecule is CC(=O)OC(F)=C(F)C(F)(F)F. The van der Waals surface area contributed by atoms with E-state index in [1.165, 1.54) is 0 Å². The number of ether oxygens (including phenoxy) is 1. The Bertz CT molecular complexity index is 216. The molecule has 0 aromatic carbocycles. The normalized spacial score (nSPS) is 13.8. The molecular formula is C5H3F5O2. The van der Waals surface area contributed by atoms with Crippen LogP contribution in [0.25, 0.3) is 0 Å². The number of hydrogen-bond donors (Lipinski definition) is 0. The molecule has 0 rings (SSSR count). The lowest BCUT2D eigenvalue weighted by Gasteiger charge is -2.03. The first-order valence-electron chi connectivity index (χ1n) is 2.56. The van der Waals surface area contributed by atoms with Crippen LogP contribution >= 0.6 is 0 Å². The monoisotopic (exact) mass is 190 g/mol. The molecule has 2 nitrogen and oxygen atoms in total. The average Bonchev–Trinajstić information content (AvgIpc) is 1.82. The van der Waals surface area contributed by atoms with Crippen LogP contribution in [0.1, 0.15) is 6.92 Å². The molecule has 12 heavy (non-hydrogen) atoms. The van der Waals surface area contributed by atoms with E-state index >= 15 is 0 Å². The number of hydrogen-bond acceptors (Lipinski definition) is 2. The lowest BCUT2D eigenvalue weighted by Crippen LogP contribution is -2.11. The average molecular weight is 190 g/mol. The van der Waals surface area contributed by atoms with E-state index in [9.17, 15) is 26.7 Å². The second-order valence-corrected chi connectivity index (χ2v) is 1.68. The van der Waals surface area contributed by atoms with Gasteiger partial charge < -0.3 is 4.74 Å². The highest BCUT2D eigenvalue weighted by Gasteiger charge is 2.39. The lowest BCUT2D eigenvalue weighted by molar-refractivity contribution is -0.142. The van der Waals surface area contributed by atoms with Crippen LogP contribution in [0.2, 0.25) is 0 Å². The fourth-order valence-corrected chi connectivity index (χ4v) is 0.282. The molecule has 7 heteroatoms. The highest BCUT2D eigenvalue weighted by Crippen LogP contribution is 2.29. The number of carbonyl (C=O) groups excluding carboxylic acids is 1. The number of esters is 1. The number of carbonyl (C=O) groups is 1. The van der Waals surface area contributed by atoms with Gasteiger partial charge in [0, 0.05) is 6.92 Å². The van der Waals surface area contributed by atoms with Gasteiger partial charge in [-0.15, -0.1) is 0 Å². The van der Waals surface area contributed by atoms with Crippen molar-refractivity contribution in [1.29, 1.82) is 0 Å². The number of allylic oxidation sites excluding steroid dienone is 1. The first-order valence-corrected chi connectivity index (χ1v) is 2.56. The van der Waals surface area contributed by atoms with Crippen molar-refractivity contribution in [3.05, 3.63) is 11.8 Å². The van der Waals surface area contributed by atoms with Gasteiger partial charge in [-0.05, 0) is 0 Å². The molecule has 70 valence electrons. The molecule has 0 heterocycles. The Labute approximate surface area is 63.6 Å². The first-order chi connectivity index (χ1) is 5.25. The summed E-state index contributed by atoms with van der Waals surface area (Å²) < 4.78 is 60.7. The van der Waals surface area contributed by atoms with E-state index in [0.717, 1.165) is 0 Å². The summed E-state index contributed by atoms with van der Waals surface area (Å²) in [5.74, 6) is -4.43. The molecule has 0 aliphatic rings. The van der Waals surface area contributed by atoms with Crippen molar-refractivity contribution in [2.75, 3.05) is 0 Å². The van der Waals surface area contributed by atoms with Crippen molar-refractivity contribution in [2.45, 2.75) is 13.1 Å². The van der Waals surface area contributed by atoms with E-state index in [4.69, 9.17) is 0 Å². The Morgan fingerprint density at radius 1 is 1.25 bits per heavy atom. The molecule has 0 amide bonds. The molecule has 0 atom stereocenters. The molecule has 0 unspecified atom stereocenters. The van der Waals surface area contributed by atoms with E-state index < -0.39 is 24.0 Å². The van der Waals surface area contributed by atoms with Crippen LogP contribution in [0.3, 0.4) is 0 Å². The predicted octanol–water partition coefficient (Wildman–Crippen LogP) is 2.22. The van der Waals surface area contributed by atoms with Crippen LogP contribution in [0.4, 0.5) is 22.0 Å². The summed E-state index contributed by atoms with van der Waals surface area (Å²) in [7, 11) is 0. The van der Waals surface area contributed by atoms with E-state index in [1.54, 1.807) is 0 Å². The maximum atomic E-state index is 11.9. The molecule has 0 aliphatic carbocycles. The molecule has 0 aliphatic heterocycles. The van der Waals surface area contributed by atoms with Crippen molar-refractivity contribution in [3.8, 4) is 0 Å². The summed E-state index contributed by atoms with van der Waals surface area (Å²) in [5, 5.41) is 0. The second-order valence-electron chi connectivity index (χ2n) is 1.68. The third kappa shape index (κ3) is 3.31. The van der Waals surface area contributed by atoms with Crippen LogP contribution in [-0.2, 0) is 9.53 Å². The number of alkyl halides is 3. The first kappa shape index (κ1) is 10.9. The molecule has 0 fully saturated rings. The van der Waals surface area contributed by atoms with Crippen molar-refractivity contribution in [1.82, 2.24) is 0 Å². The smallest absolute Gasteiger partial charge is 0.397 e. The Morgan fingerprint density at radius 3 is 1.92 bits per heavy atom. The van der Waals surface area contributed by atoms with Gasteiger partial charge in [-0.1, -0.05) is 0 Å². The van der Waals surface area contributed by atoms with Crippen LogP contribution in [0.5, 0.6) is 0 Å². The Morgan fingerprint density at radius 2 is 1.67 bits per heavy atom. The van der Waals surface area contributed by atoms with E-state index in [2.05, 4.69) is 4.74 Å².